The number of anilines is 1. The molecule has 1 aromatic rings. The Hall–Kier alpha value is -2.09. The second kappa shape index (κ2) is 7.73. The summed E-state index contributed by atoms with van der Waals surface area (Å²) in [5.41, 5.74) is -1.31. The molecule has 154 valence electrons. The van der Waals surface area contributed by atoms with Gasteiger partial charge in [0.15, 0.2) is 0 Å². The van der Waals surface area contributed by atoms with E-state index in [4.69, 9.17) is 0 Å². The molecule has 28 heavy (non-hydrogen) atoms. The van der Waals surface area contributed by atoms with Gasteiger partial charge in [-0.1, -0.05) is 6.92 Å². The average molecular weight is 398 g/mol. The molecule has 2 aliphatic rings. The lowest BCUT2D eigenvalue weighted by Crippen LogP contribution is -2.47. The number of halogens is 3. The Morgan fingerprint density at radius 3 is 2.54 bits per heavy atom. The first kappa shape index (κ1) is 20.6. The predicted molar refractivity (Wildman–Crippen MR) is 98.0 cm³/mol. The van der Waals surface area contributed by atoms with E-state index < -0.39 is 23.1 Å². The Morgan fingerprint density at radius 2 is 1.96 bits per heavy atom. The number of hydrogen-bond donors (Lipinski definition) is 1. The lowest BCUT2D eigenvalue weighted by atomic mass is 9.78. The van der Waals surface area contributed by atoms with Gasteiger partial charge in [-0.3, -0.25) is 9.59 Å². The fourth-order valence-corrected chi connectivity index (χ4v) is 4.07. The molecule has 3 rings (SSSR count). The van der Waals surface area contributed by atoms with Crippen molar-refractivity contribution < 1.29 is 27.9 Å². The molecule has 1 N–H and O–H groups in total. The fourth-order valence-electron chi connectivity index (χ4n) is 4.07. The van der Waals surface area contributed by atoms with E-state index in [0.717, 1.165) is 18.6 Å². The number of alkyl halides is 3. The molecule has 2 aliphatic heterocycles. The number of benzene rings is 1. The lowest BCUT2D eigenvalue weighted by Gasteiger charge is -2.41. The number of hydrogen-bond acceptors (Lipinski definition) is 3. The number of aliphatic hydroxyl groups excluding tert-OH is 1. The molecule has 1 atom stereocenters. The molecule has 1 unspecified atom stereocenters. The smallest absolute Gasteiger partial charge is 0.396 e. The number of amides is 2. The topological polar surface area (TPSA) is 60.9 Å². The molecular formula is C20H25F3N2O3. The van der Waals surface area contributed by atoms with Crippen LogP contribution in [-0.4, -0.2) is 48.1 Å². The van der Waals surface area contributed by atoms with Crippen molar-refractivity contribution in [2.24, 2.45) is 5.41 Å². The minimum absolute atomic E-state index is 0.0661. The van der Waals surface area contributed by atoms with Gasteiger partial charge in [-0.2, -0.15) is 13.2 Å². The summed E-state index contributed by atoms with van der Waals surface area (Å²) in [5, 5.41) is 9.75. The summed E-state index contributed by atoms with van der Waals surface area (Å²) in [5.74, 6) is -0.731. The van der Waals surface area contributed by atoms with E-state index in [9.17, 15) is 27.9 Å². The van der Waals surface area contributed by atoms with Crippen molar-refractivity contribution in [1.82, 2.24) is 4.90 Å². The van der Waals surface area contributed by atoms with E-state index in [1.807, 2.05) is 6.92 Å². The van der Waals surface area contributed by atoms with E-state index in [1.165, 1.54) is 15.9 Å². The molecule has 0 spiro atoms. The third-order valence-corrected chi connectivity index (χ3v) is 5.91. The fraction of sp³-hybridized carbons (Fsp3) is 0.600. The van der Waals surface area contributed by atoms with Gasteiger partial charge in [0.05, 0.1) is 12.2 Å². The van der Waals surface area contributed by atoms with Gasteiger partial charge in [-0.25, -0.2) is 0 Å². The number of carbonyl (C=O) groups excluding carboxylic acids is 2. The average Bonchev–Trinajstić information content (AvgIpc) is 3.12. The van der Waals surface area contributed by atoms with Gasteiger partial charge < -0.3 is 14.9 Å². The maximum Gasteiger partial charge on any atom is 0.416 e. The lowest BCUT2D eigenvalue weighted by molar-refractivity contribution is -0.137. The first-order valence-corrected chi connectivity index (χ1v) is 9.62. The molecule has 0 radical (unpaired) electrons. The van der Waals surface area contributed by atoms with Crippen molar-refractivity contribution in [1.29, 1.82) is 0 Å². The normalized spacial score (nSPS) is 23.4. The van der Waals surface area contributed by atoms with Crippen LogP contribution in [-0.2, 0) is 11.0 Å². The molecule has 1 aromatic carbocycles. The maximum absolute atomic E-state index is 13.4. The zero-order chi connectivity index (χ0) is 20.5. The standard InChI is InChI=1S/C20H25F3N2O3/c1-2-19(13-26)6-4-7-24(12-19)18(28)14-9-15(20(21,22)23)11-16(10-14)25-8-3-5-17(25)27/h9-11,26H,2-8,12-13H2,1H3. The maximum atomic E-state index is 13.4. The van der Waals surface area contributed by atoms with Crippen molar-refractivity contribution in [3.63, 3.8) is 0 Å². The SMILES string of the molecule is CCC1(CO)CCCN(C(=O)c2cc(N3CCCC3=O)cc(C(F)(F)F)c2)C1. The highest BCUT2D eigenvalue weighted by molar-refractivity contribution is 5.99. The minimum atomic E-state index is -4.62. The van der Waals surface area contributed by atoms with Gasteiger partial charge in [-0.05, 0) is 43.9 Å². The van der Waals surface area contributed by atoms with Crippen molar-refractivity contribution in [2.45, 2.75) is 45.2 Å². The Labute approximate surface area is 162 Å². The van der Waals surface area contributed by atoms with Crippen LogP contribution in [0.1, 0.15) is 54.9 Å². The van der Waals surface area contributed by atoms with E-state index >= 15 is 0 Å². The Bertz CT molecular complexity index is 760. The van der Waals surface area contributed by atoms with Gasteiger partial charge in [0, 0.05) is 42.7 Å². The third kappa shape index (κ3) is 4.01. The molecule has 2 fully saturated rings. The van der Waals surface area contributed by atoms with Crippen LogP contribution in [0.2, 0.25) is 0 Å². The second-order valence-corrected chi connectivity index (χ2v) is 7.76. The Balaban J connectivity index is 1.96. The van der Waals surface area contributed by atoms with Crippen molar-refractivity contribution >= 4 is 17.5 Å². The van der Waals surface area contributed by atoms with E-state index in [-0.39, 0.29) is 23.8 Å². The molecule has 2 heterocycles. The number of nitrogens with zero attached hydrogens (tertiary/aromatic N) is 2. The highest BCUT2D eigenvalue weighted by Crippen LogP contribution is 2.36. The van der Waals surface area contributed by atoms with Crippen molar-refractivity contribution in [3.05, 3.63) is 29.3 Å². The van der Waals surface area contributed by atoms with E-state index in [0.29, 0.717) is 45.3 Å². The van der Waals surface area contributed by atoms with Crippen LogP contribution in [0, 0.1) is 5.41 Å². The number of aliphatic hydroxyl groups is 1. The van der Waals surface area contributed by atoms with Gasteiger partial charge >= 0.3 is 6.18 Å². The third-order valence-electron chi connectivity index (χ3n) is 5.91. The van der Waals surface area contributed by atoms with Gasteiger partial charge in [0.25, 0.3) is 5.91 Å². The molecule has 0 saturated carbocycles. The molecule has 2 saturated heterocycles. The molecule has 5 nitrogen and oxygen atoms in total. The summed E-state index contributed by atoms with van der Waals surface area (Å²) in [7, 11) is 0. The largest absolute Gasteiger partial charge is 0.416 e. The van der Waals surface area contributed by atoms with Gasteiger partial charge in [-0.15, -0.1) is 0 Å². The Morgan fingerprint density at radius 1 is 1.21 bits per heavy atom. The minimum Gasteiger partial charge on any atom is -0.396 e. The molecular weight excluding hydrogens is 373 g/mol. The molecule has 8 heteroatoms. The van der Waals surface area contributed by atoms with Crippen LogP contribution in [0.4, 0.5) is 18.9 Å². The number of carbonyl (C=O) groups is 2. The van der Waals surface area contributed by atoms with Gasteiger partial charge in [0.1, 0.15) is 0 Å². The van der Waals surface area contributed by atoms with Crippen LogP contribution in [0.15, 0.2) is 18.2 Å². The summed E-state index contributed by atoms with van der Waals surface area (Å²) >= 11 is 0. The molecule has 0 bridgehead atoms. The summed E-state index contributed by atoms with van der Waals surface area (Å²) < 4.78 is 40.2. The summed E-state index contributed by atoms with van der Waals surface area (Å²) in [6, 6.07) is 3.16. The Kier molecular flexibility index (Phi) is 5.70. The van der Waals surface area contributed by atoms with Gasteiger partial charge in [0.2, 0.25) is 5.91 Å². The zero-order valence-electron chi connectivity index (χ0n) is 15.9. The van der Waals surface area contributed by atoms with Crippen LogP contribution in [0.25, 0.3) is 0 Å². The highest BCUT2D eigenvalue weighted by atomic mass is 19.4. The van der Waals surface area contributed by atoms with Crippen molar-refractivity contribution in [2.75, 3.05) is 31.1 Å². The van der Waals surface area contributed by atoms with E-state index in [1.54, 1.807) is 0 Å². The quantitative estimate of drug-likeness (QED) is 0.845. The van der Waals surface area contributed by atoms with Crippen molar-refractivity contribution in [3.8, 4) is 0 Å². The van der Waals surface area contributed by atoms with Crippen LogP contribution >= 0.6 is 0 Å². The number of likely N-dealkylation sites (tertiary alicyclic amines) is 1. The van der Waals surface area contributed by atoms with E-state index in [2.05, 4.69) is 0 Å². The number of piperidine rings is 1. The first-order chi connectivity index (χ1) is 13.2. The number of rotatable bonds is 4. The molecule has 2 amide bonds. The molecule has 0 aliphatic carbocycles. The summed E-state index contributed by atoms with van der Waals surface area (Å²) in [6.07, 6.45) is -1.59. The van der Waals surface area contributed by atoms with Crippen LogP contribution < -0.4 is 4.90 Å². The predicted octanol–water partition coefficient (Wildman–Crippen LogP) is 3.46. The molecule has 0 aromatic heterocycles. The highest BCUT2D eigenvalue weighted by Gasteiger charge is 2.37. The second-order valence-electron chi connectivity index (χ2n) is 7.76. The van der Waals surface area contributed by atoms with Crippen LogP contribution in [0.3, 0.4) is 0 Å². The summed E-state index contributed by atoms with van der Waals surface area (Å²) in [4.78, 5) is 27.9. The zero-order valence-corrected chi connectivity index (χ0v) is 15.9. The van der Waals surface area contributed by atoms with Crippen LogP contribution in [0.5, 0.6) is 0 Å². The summed E-state index contributed by atoms with van der Waals surface area (Å²) in [6.45, 7) is 2.97. The first-order valence-electron chi connectivity index (χ1n) is 9.62. The monoisotopic (exact) mass is 398 g/mol.